The Morgan fingerprint density at radius 3 is 2.52 bits per heavy atom. The molecule has 0 bridgehead atoms. The molecular formula is C17H13F4N3O. The van der Waals surface area contributed by atoms with E-state index < -0.39 is 23.5 Å². The molecule has 0 aliphatic rings. The van der Waals surface area contributed by atoms with Crippen molar-refractivity contribution in [3.05, 3.63) is 59.5 Å². The third-order valence-electron chi connectivity index (χ3n) is 3.85. The van der Waals surface area contributed by atoms with E-state index in [1.165, 1.54) is 34.9 Å². The van der Waals surface area contributed by atoms with Gasteiger partial charge >= 0.3 is 6.18 Å². The third-order valence-corrected chi connectivity index (χ3v) is 3.85. The van der Waals surface area contributed by atoms with Crippen molar-refractivity contribution >= 4 is 28.2 Å². The zero-order valence-corrected chi connectivity index (χ0v) is 13.0. The molecule has 0 unspecified atom stereocenters. The predicted molar refractivity (Wildman–Crippen MR) is 86.1 cm³/mol. The number of carbonyl (C=O) groups is 1. The minimum Gasteiger partial charge on any atom is -0.364 e. The van der Waals surface area contributed by atoms with Gasteiger partial charge in [-0.1, -0.05) is 6.07 Å². The van der Waals surface area contributed by atoms with Crippen molar-refractivity contribution in [3.63, 3.8) is 0 Å². The van der Waals surface area contributed by atoms with Gasteiger partial charge in [0.25, 0.3) is 5.91 Å². The molecule has 0 spiro atoms. The smallest absolute Gasteiger partial charge is 0.364 e. The lowest BCUT2D eigenvalue weighted by molar-refractivity contribution is -0.137. The Balaban J connectivity index is 2.17. The number of nitrogens with two attached hydrogens (primary N) is 1. The van der Waals surface area contributed by atoms with Gasteiger partial charge in [0.15, 0.2) is 0 Å². The van der Waals surface area contributed by atoms with Gasteiger partial charge in [0.1, 0.15) is 11.5 Å². The SMILES string of the molecule is Cn1c(C(N)=O)c(Nc2cccc(C(F)(F)F)c2)c2cc(F)ccc21. The number of amides is 1. The molecule has 130 valence electrons. The van der Waals surface area contributed by atoms with Gasteiger partial charge < -0.3 is 15.6 Å². The molecule has 0 radical (unpaired) electrons. The molecule has 0 fully saturated rings. The maximum Gasteiger partial charge on any atom is 0.416 e. The molecule has 0 aliphatic heterocycles. The van der Waals surface area contributed by atoms with E-state index in [0.717, 1.165) is 12.1 Å². The molecular weight excluding hydrogens is 338 g/mol. The van der Waals surface area contributed by atoms with Crippen molar-refractivity contribution in [2.75, 3.05) is 5.32 Å². The molecule has 3 N–H and O–H groups in total. The Hall–Kier alpha value is -3.03. The van der Waals surface area contributed by atoms with E-state index in [2.05, 4.69) is 5.32 Å². The maximum atomic E-state index is 13.6. The Bertz CT molecular complexity index is 976. The topological polar surface area (TPSA) is 60.0 Å². The van der Waals surface area contributed by atoms with Gasteiger partial charge in [-0.2, -0.15) is 13.2 Å². The molecule has 0 saturated heterocycles. The first-order chi connectivity index (χ1) is 11.7. The summed E-state index contributed by atoms with van der Waals surface area (Å²) < 4.78 is 53.7. The Labute approximate surface area is 139 Å². The molecule has 0 atom stereocenters. The number of anilines is 2. The van der Waals surface area contributed by atoms with Crippen LogP contribution in [0.2, 0.25) is 0 Å². The molecule has 3 aromatic rings. The van der Waals surface area contributed by atoms with Crippen molar-refractivity contribution in [1.29, 1.82) is 0 Å². The lowest BCUT2D eigenvalue weighted by atomic mass is 10.1. The second-order valence-corrected chi connectivity index (χ2v) is 5.51. The van der Waals surface area contributed by atoms with E-state index in [9.17, 15) is 22.4 Å². The highest BCUT2D eigenvalue weighted by atomic mass is 19.4. The lowest BCUT2D eigenvalue weighted by Gasteiger charge is -2.11. The first-order valence-corrected chi connectivity index (χ1v) is 7.20. The van der Waals surface area contributed by atoms with E-state index in [1.54, 1.807) is 7.05 Å². The number of fused-ring (bicyclic) bond motifs is 1. The van der Waals surface area contributed by atoms with Gasteiger partial charge in [0.2, 0.25) is 0 Å². The number of alkyl halides is 3. The second-order valence-electron chi connectivity index (χ2n) is 5.51. The van der Waals surface area contributed by atoms with Crippen LogP contribution in [0.15, 0.2) is 42.5 Å². The van der Waals surface area contributed by atoms with Gasteiger partial charge in [-0.15, -0.1) is 0 Å². The highest BCUT2D eigenvalue weighted by Crippen LogP contribution is 2.35. The molecule has 4 nitrogen and oxygen atoms in total. The summed E-state index contributed by atoms with van der Waals surface area (Å²) in [5.41, 5.74) is 5.37. The second kappa shape index (κ2) is 5.80. The zero-order valence-electron chi connectivity index (χ0n) is 13.0. The number of nitrogens with zero attached hydrogens (tertiary/aromatic N) is 1. The minimum atomic E-state index is -4.50. The van der Waals surface area contributed by atoms with E-state index in [-0.39, 0.29) is 17.1 Å². The van der Waals surface area contributed by atoms with Crippen molar-refractivity contribution in [3.8, 4) is 0 Å². The molecule has 1 aromatic heterocycles. The molecule has 0 aliphatic carbocycles. The minimum absolute atomic E-state index is 0.0398. The maximum absolute atomic E-state index is 13.6. The Kier molecular flexibility index (Phi) is 3.90. The number of benzene rings is 2. The molecule has 0 saturated carbocycles. The van der Waals surface area contributed by atoms with Gasteiger partial charge in [0, 0.05) is 18.1 Å². The zero-order chi connectivity index (χ0) is 18.4. The molecule has 1 amide bonds. The van der Waals surface area contributed by atoms with Crippen LogP contribution in [0, 0.1) is 5.82 Å². The lowest BCUT2D eigenvalue weighted by Crippen LogP contribution is -2.16. The monoisotopic (exact) mass is 351 g/mol. The molecule has 2 aromatic carbocycles. The summed E-state index contributed by atoms with van der Waals surface area (Å²) in [6.45, 7) is 0. The summed E-state index contributed by atoms with van der Waals surface area (Å²) in [7, 11) is 1.57. The fraction of sp³-hybridized carbons (Fsp3) is 0.118. The first-order valence-electron chi connectivity index (χ1n) is 7.20. The average Bonchev–Trinajstić information content (AvgIpc) is 2.79. The summed E-state index contributed by atoms with van der Waals surface area (Å²) in [6.07, 6.45) is -4.50. The summed E-state index contributed by atoms with van der Waals surface area (Å²) >= 11 is 0. The number of rotatable bonds is 3. The van der Waals surface area contributed by atoms with E-state index >= 15 is 0 Å². The number of hydrogen-bond donors (Lipinski definition) is 2. The molecule has 3 rings (SSSR count). The molecule has 8 heteroatoms. The number of nitrogens with one attached hydrogen (secondary N) is 1. The molecule has 1 heterocycles. The van der Waals surface area contributed by atoms with Crippen LogP contribution in [0.1, 0.15) is 16.1 Å². The highest BCUT2D eigenvalue weighted by Gasteiger charge is 2.30. The van der Waals surface area contributed by atoms with Crippen molar-refractivity contribution in [2.45, 2.75) is 6.18 Å². The van der Waals surface area contributed by atoms with Crippen LogP contribution in [0.3, 0.4) is 0 Å². The van der Waals surface area contributed by atoms with Crippen LogP contribution in [0.4, 0.5) is 28.9 Å². The highest BCUT2D eigenvalue weighted by molar-refractivity contribution is 6.09. The van der Waals surface area contributed by atoms with Crippen molar-refractivity contribution in [2.24, 2.45) is 12.8 Å². The quantitative estimate of drug-likeness (QED) is 0.696. The van der Waals surface area contributed by atoms with E-state index in [0.29, 0.717) is 10.9 Å². The van der Waals surface area contributed by atoms with Crippen LogP contribution in [0.25, 0.3) is 10.9 Å². The van der Waals surface area contributed by atoms with Crippen LogP contribution in [0.5, 0.6) is 0 Å². The number of hydrogen-bond acceptors (Lipinski definition) is 2. The third kappa shape index (κ3) is 3.02. The summed E-state index contributed by atoms with van der Waals surface area (Å²) in [6, 6.07) is 8.37. The fourth-order valence-electron chi connectivity index (χ4n) is 2.75. The van der Waals surface area contributed by atoms with Crippen molar-refractivity contribution < 1.29 is 22.4 Å². The predicted octanol–water partition coefficient (Wildman–Crippen LogP) is 4.18. The fourth-order valence-corrected chi connectivity index (χ4v) is 2.75. The standard InChI is InChI=1S/C17H13F4N3O/c1-24-13-6-5-10(18)8-12(13)14(15(24)16(22)25)23-11-4-2-3-9(7-11)17(19,20)21/h2-8,23H,1H3,(H2,22,25). The van der Waals surface area contributed by atoms with E-state index in [1.807, 2.05) is 0 Å². The van der Waals surface area contributed by atoms with Crippen LogP contribution in [-0.2, 0) is 13.2 Å². The summed E-state index contributed by atoms with van der Waals surface area (Å²) in [5, 5.41) is 3.11. The van der Waals surface area contributed by atoms with Gasteiger partial charge in [-0.3, -0.25) is 4.79 Å². The number of carbonyl (C=O) groups excluding carboxylic acids is 1. The summed E-state index contributed by atoms with van der Waals surface area (Å²) in [4.78, 5) is 11.8. The van der Waals surface area contributed by atoms with Gasteiger partial charge in [-0.05, 0) is 36.4 Å². The van der Waals surface area contributed by atoms with Crippen LogP contribution in [-0.4, -0.2) is 10.5 Å². The average molecular weight is 351 g/mol. The Morgan fingerprint density at radius 2 is 1.88 bits per heavy atom. The number of halogens is 4. The summed E-state index contributed by atoms with van der Waals surface area (Å²) in [5.74, 6) is -1.32. The van der Waals surface area contributed by atoms with Gasteiger partial charge in [-0.25, -0.2) is 4.39 Å². The van der Waals surface area contributed by atoms with Crippen molar-refractivity contribution in [1.82, 2.24) is 4.57 Å². The number of primary amides is 1. The Morgan fingerprint density at radius 1 is 1.16 bits per heavy atom. The van der Waals surface area contributed by atoms with Crippen LogP contribution < -0.4 is 11.1 Å². The molecule has 25 heavy (non-hydrogen) atoms. The number of aromatic nitrogens is 1. The normalized spacial score (nSPS) is 11.7. The van der Waals surface area contributed by atoms with E-state index in [4.69, 9.17) is 5.73 Å². The number of aryl methyl sites for hydroxylation is 1. The largest absolute Gasteiger partial charge is 0.416 e. The first kappa shape index (κ1) is 16.8. The van der Waals surface area contributed by atoms with Gasteiger partial charge in [0.05, 0.1) is 16.8 Å². The van der Waals surface area contributed by atoms with Crippen LogP contribution >= 0.6 is 0 Å².